The number of aldehydes is 1. The maximum atomic E-state index is 10.6. The van der Waals surface area contributed by atoms with Gasteiger partial charge in [0.15, 0.2) is 0 Å². The second-order valence-corrected chi connectivity index (χ2v) is 5.25. The number of benzene rings is 2. The fourth-order valence-electron chi connectivity index (χ4n) is 1.41. The molecule has 0 N–H and O–H groups in total. The number of carbonyl (C=O) groups excluding carboxylic acids is 1. The van der Waals surface area contributed by atoms with E-state index in [2.05, 4.69) is 31.2 Å². The molecule has 0 heterocycles. The summed E-state index contributed by atoms with van der Waals surface area (Å²) in [6.07, 6.45) is 0.798. The van der Waals surface area contributed by atoms with Gasteiger partial charge in [-0.1, -0.05) is 47.1 Å². The van der Waals surface area contributed by atoms with Crippen LogP contribution in [0.25, 0.3) is 0 Å². The van der Waals surface area contributed by atoms with Crippen molar-refractivity contribution in [3.8, 4) is 0 Å². The monoisotopic (exact) mass is 262 g/mol. The first-order valence-corrected chi connectivity index (χ1v) is 6.38. The van der Waals surface area contributed by atoms with Crippen LogP contribution in [0.5, 0.6) is 0 Å². The predicted octanol–water partition coefficient (Wildman–Crippen LogP) is 4.61. The summed E-state index contributed by atoms with van der Waals surface area (Å²) in [4.78, 5) is 12.7. The summed E-state index contributed by atoms with van der Waals surface area (Å²) in [5.41, 5.74) is 1.83. The molecule has 0 fully saturated rings. The molecule has 0 spiro atoms. The van der Waals surface area contributed by atoms with Crippen molar-refractivity contribution in [2.75, 3.05) is 0 Å². The Bertz CT molecular complexity index is 534. The summed E-state index contributed by atoms with van der Waals surface area (Å²) >= 11 is 7.70. The lowest BCUT2D eigenvalue weighted by molar-refractivity contribution is 0.112. The Morgan fingerprint density at radius 3 is 2.41 bits per heavy atom. The highest BCUT2D eigenvalue weighted by molar-refractivity contribution is 7.99. The van der Waals surface area contributed by atoms with E-state index >= 15 is 0 Å². The van der Waals surface area contributed by atoms with Gasteiger partial charge in [-0.3, -0.25) is 4.79 Å². The molecule has 0 saturated carbocycles. The zero-order valence-corrected chi connectivity index (χ0v) is 10.9. The molecular formula is C14H11ClOS. The Labute approximate surface area is 110 Å². The molecule has 0 bridgehead atoms. The molecule has 2 aromatic carbocycles. The van der Waals surface area contributed by atoms with Gasteiger partial charge in [0, 0.05) is 15.4 Å². The number of rotatable bonds is 3. The van der Waals surface area contributed by atoms with Crippen LogP contribution in [-0.2, 0) is 0 Å². The van der Waals surface area contributed by atoms with Gasteiger partial charge in [-0.15, -0.1) is 0 Å². The maximum Gasteiger partial charge on any atom is 0.150 e. The lowest BCUT2D eigenvalue weighted by Crippen LogP contribution is -1.82. The standard InChI is InChI=1S/C14H11ClOS/c1-10-2-5-12(6-3-10)17-14-7-4-11(9-16)8-13(14)15/h2-9H,1H3. The van der Waals surface area contributed by atoms with Crippen molar-refractivity contribution in [2.24, 2.45) is 0 Å². The van der Waals surface area contributed by atoms with Crippen molar-refractivity contribution < 1.29 is 4.79 Å². The summed E-state index contributed by atoms with van der Waals surface area (Å²) < 4.78 is 0. The van der Waals surface area contributed by atoms with Crippen LogP contribution in [-0.4, -0.2) is 6.29 Å². The van der Waals surface area contributed by atoms with Crippen LogP contribution in [0.1, 0.15) is 15.9 Å². The first-order valence-electron chi connectivity index (χ1n) is 5.18. The normalized spacial score (nSPS) is 10.2. The van der Waals surface area contributed by atoms with E-state index in [1.807, 2.05) is 6.07 Å². The summed E-state index contributed by atoms with van der Waals surface area (Å²) in [5, 5.41) is 0.611. The number of hydrogen-bond acceptors (Lipinski definition) is 2. The molecule has 3 heteroatoms. The highest BCUT2D eigenvalue weighted by Gasteiger charge is 2.03. The Morgan fingerprint density at radius 1 is 1.12 bits per heavy atom. The van der Waals surface area contributed by atoms with E-state index in [-0.39, 0.29) is 0 Å². The maximum absolute atomic E-state index is 10.6. The van der Waals surface area contributed by atoms with Gasteiger partial charge in [0.2, 0.25) is 0 Å². The average molecular weight is 263 g/mol. The number of carbonyl (C=O) groups is 1. The minimum Gasteiger partial charge on any atom is -0.298 e. The summed E-state index contributed by atoms with van der Waals surface area (Å²) in [6, 6.07) is 13.6. The van der Waals surface area contributed by atoms with E-state index in [0.29, 0.717) is 10.6 Å². The molecule has 0 radical (unpaired) electrons. The molecule has 1 nitrogen and oxygen atoms in total. The molecule has 0 aliphatic carbocycles. The minimum atomic E-state index is 0.600. The molecule has 17 heavy (non-hydrogen) atoms. The summed E-state index contributed by atoms with van der Waals surface area (Å²) in [5.74, 6) is 0. The quantitative estimate of drug-likeness (QED) is 0.752. The van der Waals surface area contributed by atoms with Gasteiger partial charge in [-0.05, 0) is 31.2 Å². The second kappa shape index (κ2) is 5.39. The zero-order valence-electron chi connectivity index (χ0n) is 9.31. The Hall–Kier alpha value is -1.25. The largest absolute Gasteiger partial charge is 0.298 e. The molecule has 2 rings (SSSR count). The fraction of sp³-hybridized carbons (Fsp3) is 0.0714. The molecule has 0 atom stereocenters. The third kappa shape index (κ3) is 3.11. The fourth-order valence-corrected chi connectivity index (χ4v) is 2.53. The van der Waals surface area contributed by atoms with Crippen LogP contribution in [0.2, 0.25) is 5.02 Å². The van der Waals surface area contributed by atoms with Gasteiger partial charge in [0.05, 0.1) is 5.02 Å². The third-order valence-electron chi connectivity index (χ3n) is 2.34. The van der Waals surface area contributed by atoms with Gasteiger partial charge in [-0.2, -0.15) is 0 Å². The molecule has 0 aliphatic heterocycles. The molecule has 0 unspecified atom stereocenters. The SMILES string of the molecule is Cc1ccc(Sc2ccc(C=O)cc2Cl)cc1. The Morgan fingerprint density at radius 2 is 1.82 bits per heavy atom. The van der Waals surface area contributed by atoms with Gasteiger partial charge < -0.3 is 0 Å². The summed E-state index contributed by atoms with van der Waals surface area (Å²) in [6.45, 7) is 2.06. The van der Waals surface area contributed by atoms with Gasteiger partial charge in [-0.25, -0.2) is 0 Å². The minimum absolute atomic E-state index is 0.600. The van der Waals surface area contributed by atoms with Crippen LogP contribution < -0.4 is 0 Å². The first-order chi connectivity index (χ1) is 8.19. The van der Waals surface area contributed by atoms with Crippen molar-refractivity contribution in [1.82, 2.24) is 0 Å². The smallest absolute Gasteiger partial charge is 0.150 e. The van der Waals surface area contributed by atoms with E-state index in [4.69, 9.17) is 11.6 Å². The molecule has 0 aliphatic rings. The lowest BCUT2D eigenvalue weighted by Gasteiger charge is -2.05. The average Bonchev–Trinajstić information content (AvgIpc) is 2.34. The molecule has 86 valence electrons. The van der Waals surface area contributed by atoms with E-state index in [1.165, 1.54) is 5.56 Å². The van der Waals surface area contributed by atoms with E-state index in [1.54, 1.807) is 23.9 Å². The first kappa shape index (κ1) is 12.2. The van der Waals surface area contributed by atoms with Gasteiger partial charge in [0.25, 0.3) is 0 Å². The Kier molecular flexibility index (Phi) is 3.87. The van der Waals surface area contributed by atoms with Crippen molar-refractivity contribution in [2.45, 2.75) is 16.7 Å². The second-order valence-electron chi connectivity index (χ2n) is 3.72. The lowest BCUT2D eigenvalue weighted by atomic mass is 10.2. The molecule has 0 saturated heterocycles. The van der Waals surface area contributed by atoms with Crippen LogP contribution in [0.15, 0.2) is 52.3 Å². The van der Waals surface area contributed by atoms with Crippen molar-refractivity contribution in [3.63, 3.8) is 0 Å². The Balaban J connectivity index is 2.24. The molecule has 0 amide bonds. The van der Waals surface area contributed by atoms with Crippen LogP contribution in [0, 0.1) is 6.92 Å². The van der Waals surface area contributed by atoms with Crippen LogP contribution in [0.4, 0.5) is 0 Å². The third-order valence-corrected chi connectivity index (χ3v) is 3.85. The number of aryl methyl sites for hydroxylation is 1. The van der Waals surface area contributed by atoms with E-state index < -0.39 is 0 Å². The molecule has 2 aromatic rings. The zero-order chi connectivity index (χ0) is 12.3. The van der Waals surface area contributed by atoms with Crippen molar-refractivity contribution in [3.05, 3.63) is 58.6 Å². The summed E-state index contributed by atoms with van der Waals surface area (Å²) in [7, 11) is 0. The van der Waals surface area contributed by atoms with E-state index in [9.17, 15) is 4.79 Å². The number of halogens is 1. The van der Waals surface area contributed by atoms with Gasteiger partial charge in [0.1, 0.15) is 6.29 Å². The van der Waals surface area contributed by atoms with Crippen LogP contribution in [0.3, 0.4) is 0 Å². The van der Waals surface area contributed by atoms with Crippen LogP contribution >= 0.6 is 23.4 Å². The predicted molar refractivity (Wildman–Crippen MR) is 72.1 cm³/mol. The van der Waals surface area contributed by atoms with Gasteiger partial charge >= 0.3 is 0 Å². The van der Waals surface area contributed by atoms with Crippen molar-refractivity contribution >= 4 is 29.6 Å². The molecular weight excluding hydrogens is 252 g/mol. The topological polar surface area (TPSA) is 17.1 Å². The van der Waals surface area contributed by atoms with E-state index in [0.717, 1.165) is 16.1 Å². The number of hydrogen-bond donors (Lipinski definition) is 0. The molecule has 0 aromatic heterocycles. The van der Waals surface area contributed by atoms with Crippen molar-refractivity contribution in [1.29, 1.82) is 0 Å². The highest BCUT2D eigenvalue weighted by Crippen LogP contribution is 2.33. The highest BCUT2D eigenvalue weighted by atomic mass is 35.5.